The fourth-order valence-corrected chi connectivity index (χ4v) is 4.69. The lowest BCUT2D eigenvalue weighted by atomic mass is 9.95. The maximum Gasteiger partial charge on any atom is 0.337 e. The number of aliphatic hydroxyl groups is 1. The first-order chi connectivity index (χ1) is 17.2. The number of benzene rings is 3. The Hall–Kier alpha value is -3.76. The van der Waals surface area contributed by atoms with Gasteiger partial charge < -0.3 is 15.2 Å². The van der Waals surface area contributed by atoms with E-state index in [9.17, 15) is 15.0 Å². The Morgan fingerprint density at radius 3 is 2.19 bits per heavy atom. The number of aromatic nitrogens is 2. The third kappa shape index (κ3) is 4.02. The lowest BCUT2D eigenvalue weighted by Gasteiger charge is -2.20. The number of hydrogen-bond donors (Lipinski definition) is 3. The number of nitrogens with zero attached hydrogens (tertiary/aromatic N) is 2. The third-order valence-electron chi connectivity index (χ3n) is 6.44. The van der Waals surface area contributed by atoms with Crippen LogP contribution in [-0.2, 0) is 6.54 Å². The molecule has 6 nitrogen and oxygen atoms in total. The summed E-state index contributed by atoms with van der Waals surface area (Å²) in [6.45, 7) is 2.71. The highest BCUT2D eigenvalue weighted by atomic mass is 19.2. The predicted molar refractivity (Wildman–Crippen MR) is 124 cm³/mol. The van der Waals surface area contributed by atoms with E-state index >= 15 is 17.6 Å². The molecular weight excluding hydrogens is 478 g/mol. The van der Waals surface area contributed by atoms with Crippen molar-refractivity contribution >= 4 is 17.0 Å². The first-order valence-corrected chi connectivity index (χ1v) is 11.3. The number of carboxylic acids is 1. The zero-order valence-electron chi connectivity index (χ0n) is 19.1. The number of carbonyl (C=O) groups is 1. The Morgan fingerprint density at radius 2 is 1.64 bits per heavy atom. The van der Waals surface area contributed by atoms with E-state index in [1.165, 1.54) is 18.2 Å². The lowest BCUT2D eigenvalue weighted by molar-refractivity contribution is 0.0328. The van der Waals surface area contributed by atoms with Gasteiger partial charge in [0.05, 0.1) is 22.2 Å². The van der Waals surface area contributed by atoms with E-state index in [1.807, 2.05) is 4.90 Å². The molecule has 36 heavy (non-hydrogen) atoms. The number of aromatic amines is 1. The van der Waals surface area contributed by atoms with Crippen LogP contribution in [0.3, 0.4) is 0 Å². The molecule has 0 saturated carbocycles. The van der Waals surface area contributed by atoms with E-state index < -0.39 is 46.6 Å². The largest absolute Gasteiger partial charge is 0.478 e. The normalized spacial score (nSPS) is 16.2. The van der Waals surface area contributed by atoms with Gasteiger partial charge in [-0.15, -0.1) is 0 Å². The molecule has 3 N–H and O–H groups in total. The molecule has 5 rings (SSSR count). The molecule has 0 spiro atoms. The van der Waals surface area contributed by atoms with Crippen molar-refractivity contribution in [2.45, 2.75) is 32.5 Å². The number of likely N-dealkylation sites (tertiary alicyclic amines) is 1. The number of H-pyrrole nitrogens is 1. The Kier molecular flexibility index (Phi) is 6.01. The molecule has 3 aromatic carbocycles. The van der Waals surface area contributed by atoms with Crippen LogP contribution in [0.25, 0.3) is 33.3 Å². The molecule has 1 aliphatic heterocycles. The molecule has 4 aromatic rings. The molecule has 1 aromatic heterocycles. The number of aromatic carboxylic acids is 1. The maximum absolute atomic E-state index is 15.2. The van der Waals surface area contributed by atoms with Crippen LogP contribution in [0.1, 0.15) is 34.6 Å². The van der Waals surface area contributed by atoms with Crippen LogP contribution >= 0.6 is 0 Å². The van der Waals surface area contributed by atoms with Crippen LogP contribution in [0, 0.1) is 30.2 Å². The summed E-state index contributed by atoms with van der Waals surface area (Å²) < 4.78 is 60.8. The molecule has 10 heteroatoms. The summed E-state index contributed by atoms with van der Waals surface area (Å²) in [4.78, 5) is 20.4. The maximum atomic E-state index is 15.2. The fraction of sp³-hybridized carbons (Fsp3) is 0.231. The zero-order chi connectivity index (χ0) is 25.7. The van der Waals surface area contributed by atoms with E-state index in [0.717, 1.165) is 24.6 Å². The van der Waals surface area contributed by atoms with Crippen LogP contribution in [0.5, 0.6) is 0 Å². The predicted octanol–water partition coefficient (Wildman–Crippen LogP) is 5.37. The lowest BCUT2D eigenvalue weighted by Crippen LogP contribution is -2.28. The van der Waals surface area contributed by atoms with Crippen LogP contribution < -0.4 is 0 Å². The SMILES string of the molecule is Cc1nc2c(C(=O)O)cc(-c3c(F)c(F)c(-c4ccc(CN5CCCC5O)cc4)c(F)c3F)cc2[nH]1. The van der Waals surface area contributed by atoms with Crippen molar-refractivity contribution in [2.75, 3.05) is 6.54 Å². The Balaban J connectivity index is 1.57. The van der Waals surface area contributed by atoms with E-state index in [1.54, 1.807) is 19.1 Å². The van der Waals surface area contributed by atoms with Crippen molar-refractivity contribution in [3.8, 4) is 22.3 Å². The van der Waals surface area contributed by atoms with Crippen LogP contribution in [-0.4, -0.2) is 43.8 Å². The van der Waals surface area contributed by atoms with Crippen molar-refractivity contribution in [2.24, 2.45) is 0 Å². The number of aliphatic hydroxyl groups excluding tert-OH is 1. The third-order valence-corrected chi connectivity index (χ3v) is 6.44. The summed E-state index contributed by atoms with van der Waals surface area (Å²) in [5, 5.41) is 19.5. The molecule has 1 aliphatic rings. The van der Waals surface area contributed by atoms with Gasteiger partial charge in [-0.1, -0.05) is 24.3 Å². The highest BCUT2D eigenvalue weighted by Gasteiger charge is 2.29. The van der Waals surface area contributed by atoms with Crippen LogP contribution in [0.2, 0.25) is 0 Å². The van der Waals surface area contributed by atoms with Gasteiger partial charge in [0.25, 0.3) is 0 Å². The van der Waals surface area contributed by atoms with Crippen LogP contribution in [0.4, 0.5) is 17.6 Å². The van der Waals surface area contributed by atoms with E-state index in [0.29, 0.717) is 18.8 Å². The summed E-state index contributed by atoms with van der Waals surface area (Å²) in [5.74, 6) is -7.51. The van der Waals surface area contributed by atoms with Gasteiger partial charge in [-0.3, -0.25) is 4.90 Å². The van der Waals surface area contributed by atoms with Gasteiger partial charge >= 0.3 is 5.97 Å². The van der Waals surface area contributed by atoms with Crippen LogP contribution in [0.15, 0.2) is 36.4 Å². The van der Waals surface area contributed by atoms with Gasteiger partial charge in [0.1, 0.15) is 17.6 Å². The number of halogens is 4. The number of aryl methyl sites for hydroxylation is 1. The monoisotopic (exact) mass is 499 g/mol. The molecule has 1 atom stereocenters. The van der Waals surface area contributed by atoms with Gasteiger partial charge in [0.15, 0.2) is 23.3 Å². The van der Waals surface area contributed by atoms with Gasteiger partial charge in [0.2, 0.25) is 0 Å². The minimum absolute atomic E-state index is 0.0590. The molecule has 0 bridgehead atoms. The average Bonchev–Trinajstić information content (AvgIpc) is 3.42. The molecule has 2 heterocycles. The summed E-state index contributed by atoms with van der Waals surface area (Å²) in [6, 6.07) is 8.02. The minimum atomic E-state index is -1.64. The minimum Gasteiger partial charge on any atom is -0.478 e. The summed E-state index contributed by atoms with van der Waals surface area (Å²) >= 11 is 0. The molecule has 1 fully saturated rings. The van der Waals surface area contributed by atoms with Crippen molar-refractivity contribution in [3.05, 3.63) is 76.6 Å². The number of rotatable bonds is 5. The smallest absolute Gasteiger partial charge is 0.337 e. The first-order valence-electron chi connectivity index (χ1n) is 11.3. The fourth-order valence-electron chi connectivity index (χ4n) is 4.69. The zero-order valence-corrected chi connectivity index (χ0v) is 19.1. The van der Waals surface area contributed by atoms with E-state index in [4.69, 9.17) is 0 Å². The second-order valence-electron chi connectivity index (χ2n) is 8.84. The van der Waals surface area contributed by atoms with Crippen molar-refractivity contribution in [1.82, 2.24) is 14.9 Å². The Morgan fingerprint density at radius 1 is 1.03 bits per heavy atom. The number of nitrogens with one attached hydrogen (secondary N) is 1. The molecule has 1 unspecified atom stereocenters. The second kappa shape index (κ2) is 9.03. The Bertz CT molecular complexity index is 1470. The van der Waals surface area contributed by atoms with Gasteiger partial charge in [-0.25, -0.2) is 27.3 Å². The second-order valence-corrected chi connectivity index (χ2v) is 8.84. The number of imidazole rings is 1. The van der Waals surface area contributed by atoms with Crippen molar-refractivity contribution in [3.63, 3.8) is 0 Å². The molecule has 0 amide bonds. The molecular formula is C26H21F4N3O3. The highest BCUT2D eigenvalue weighted by Crippen LogP contribution is 2.38. The van der Waals surface area contributed by atoms with Gasteiger partial charge in [-0.2, -0.15) is 0 Å². The summed E-state index contributed by atoms with van der Waals surface area (Å²) in [6.07, 6.45) is 0.976. The quantitative estimate of drug-likeness (QED) is 0.254. The molecule has 1 saturated heterocycles. The molecule has 186 valence electrons. The summed E-state index contributed by atoms with van der Waals surface area (Å²) in [7, 11) is 0. The molecule has 0 aliphatic carbocycles. The van der Waals surface area contributed by atoms with Gasteiger partial charge in [0, 0.05) is 13.1 Å². The number of hydrogen-bond acceptors (Lipinski definition) is 4. The average molecular weight is 499 g/mol. The van der Waals surface area contributed by atoms with Crippen molar-refractivity contribution in [1.29, 1.82) is 0 Å². The first kappa shape index (κ1) is 24.0. The standard InChI is InChI=1S/C26H21F4N3O3/c1-12-31-17-10-15(9-16(26(35)36)25(17)32-12)20-23(29)21(27)19(22(28)24(20)30)14-6-4-13(5-7-14)11-33-8-2-3-18(33)34/h4-7,9-10,18,34H,2-3,8,11H2,1H3,(H,31,32)(H,35,36). The topological polar surface area (TPSA) is 89.4 Å². The Labute approximate surface area is 202 Å². The number of carboxylic acid groups (broad SMARTS) is 1. The summed E-state index contributed by atoms with van der Waals surface area (Å²) in [5.41, 5.74) is -1.66. The van der Waals surface area contributed by atoms with E-state index in [-0.39, 0.29) is 27.7 Å². The number of fused-ring (bicyclic) bond motifs is 1. The molecule has 0 radical (unpaired) electrons. The van der Waals surface area contributed by atoms with E-state index in [2.05, 4.69) is 9.97 Å². The van der Waals surface area contributed by atoms with Gasteiger partial charge in [-0.05, 0) is 48.6 Å². The van der Waals surface area contributed by atoms with Crippen molar-refractivity contribution < 1.29 is 32.6 Å². The highest BCUT2D eigenvalue weighted by molar-refractivity contribution is 6.03.